The van der Waals surface area contributed by atoms with E-state index in [2.05, 4.69) is 31.3 Å². The molecular weight excluding hydrogens is 480 g/mol. The van der Waals surface area contributed by atoms with Crippen molar-refractivity contribution in [1.29, 1.82) is 0 Å². The molecule has 0 aliphatic carbocycles. The predicted molar refractivity (Wildman–Crippen MR) is 140 cm³/mol. The highest BCUT2D eigenvalue weighted by atomic mass is 32.2. The summed E-state index contributed by atoms with van der Waals surface area (Å²) in [6, 6.07) is 20.5. The number of nitro groups is 1. The van der Waals surface area contributed by atoms with Crippen molar-refractivity contribution in [3.05, 3.63) is 100 Å². The second kappa shape index (κ2) is 10.7. The van der Waals surface area contributed by atoms with E-state index in [1.807, 2.05) is 24.3 Å². The molecule has 0 spiro atoms. The fraction of sp³-hybridized carbons (Fsp3) is 0.231. The van der Waals surface area contributed by atoms with Crippen LogP contribution in [0.1, 0.15) is 38.8 Å². The van der Waals surface area contributed by atoms with Crippen LogP contribution in [0.4, 0.5) is 11.4 Å². The minimum absolute atomic E-state index is 0.00198. The van der Waals surface area contributed by atoms with Gasteiger partial charge in [0.1, 0.15) is 6.54 Å². The molecule has 0 fully saturated rings. The van der Waals surface area contributed by atoms with Gasteiger partial charge in [-0.25, -0.2) is 13.8 Å². The Kier molecular flexibility index (Phi) is 7.89. The highest BCUT2D eigenvalue weighted by Gasteiger charge is 2.28. The molecule has 3 aromatic rings. The van der Waals surface area contributed by atoms with Crippen LogP contribution in [0.15, 0.2) is 88.9 Å². The molecule has 0 saturated heterocycles. The number of carbonyl (C=O) groups excluding carboxylic acids is 1. The molecule has 3 rings (SSSR count). The Morgan fingerprint density at radius 3 is 2.22 bits per heavy atom. The number of rotatable bonds is 8. The molecule has 36 heavy (non-hydrogen) atoms. The van der Waals surface area contributed by atoms with Gasteiger partial charge >= 0.3 is 0 Å². The van der Waals surface area contributed by atoms with Crippen LogP contribution in [-0.2, 0) is 20.2 Å². The van der Waals surface area contributed by atoms with E-state index in [0.717, 1.165) is 21.5 Å². The molecule has 1 amide bonds. The van der Waals surface area contributed by atoms with Crippen LogP contribution < -0.4 is 9.73 Å². The number of hydrogen-bond donors (Lipinski definition) is 1. The SMILES string of the molecule is C/C(=N\NC(=O)CN(c1cccc([N+](=O)[O-])c1)S(=O)(=O)c1ccccc1)c1ccc(C(C)(C)C)cc1. The zero-order valence-corrected chi connectivity index (χ0v) is 21.3. The van der Waals surface area contributed by atoms with Crippen LogP contribution in [0.25, 0.3) is 0 Å². The lowest BCUT2D eigenvalue weighted by Crippen LogP contribution is -2.39. The van der Waals surface area contributed by atoms with E-state index in [4.69, 9.17) is 0 Å². The average molecular weight is 509 g/mol. The molecule has 0 bridgehead atoms. The Hall–Kier alpha value is -4.05. The molecule has 0 aromatic heterocycles. The Labute approximate surface area is 210 Å². The molecule has 0 saturated carbocycles. The van der Waals surface area contributed by atoms with Gasteiger partial charge in [0.2, 0.25) is 0 Å². The van der Waals surface area contributed by atoms with Crippen LogP contribution in [-0.4, -0.2) is 31.5 Å². The van der Waals surface area contributed by atoms with Crippen molar-refractivity contribution in [2.45, 2.75) is 38.0 Å². The van der Waals surface area contributed by atoms with E-state index in [-0.39, 0.29) is 21.7 Å². The molecule has 0 aliphatic rings. The van der Waals surface area contributed by atoms with Crippen molar-refractivity contribution in [3.8, 4) is 0 Å². The lowest BCUT2D eigenvalue weighted by Gasteiger charge is -2.23. The van der Waals surface area contributed by atoms with Crippen molar-refractivity contribution in [3.63, 3.8) is 0 Å². The number of hydrogen-bond acceptors (Lipinski definition) is 6. The summed E-state index contributed by atoms with van der Waals surface area (Å²) in [7, 11) is -4.20. The standard InChI is InChI=1S/C26H28N4O5S/c1-19(20-13-15-21(16-14-20)26(2,3)4)27-28-25(31)18-29(22-9-8-10-23(17-22)30(32)33)36(34,35)24-11-6-5-7-12-24/h5-17H,18H2,1-4H3,(H,28,31)/b27-19+. The van der Waals surface area contributed by atoms with Crippen molar-refractivity contribution in [2.75, 3.05) is 10.8 Å². The van der Waals surface area contributed by atoms with E-state index in [1.54, 1.807) is 25.1 Å². The topological polar surface area (TPSA) is 122 Å². The smallest absolute Gasteiger partial charge is 0.271 e. The summed E-state index contributed by atoms with van der Waals surface area (Å²) in [5.74, 6) is -0.702. The first kappa shape index (κ1) is 26.6. The number of nitrogens with zero attached hydrogens (tertiary/aromatic N) is 3. The third-order valence-electron chi connectivity index (χ3n) is 5.46. The number of anilines is 1. The third kappa shape index (κ3) is 6.33. The van der Waals surface area contributed by atoms with Crippen LogP contribution >= 0.6 is 0 Å². The normalized spacial score (nSPS) is 12.2. The van der Waals surface area contributed by atoms with Crippen LogP contribution in [0.3, 0.4) is 0 Å². The van der Waals surface area contributed by atoms with Gasteiger partial charge in [-0.2, -0.15) is 5.10 Å². The second-order valence-corrected chi connectivity index (χ2v) is 11.0. The fourth-order valence-electron chi connectivity index (χ4n) is 3.38. The summed E-state index contributed by atoms with van der Waals surface area (Å²) < 4.78 is 27.6. The van der Waals surface area contributed by atoms with Crippen molar-refractivity contribution >= 4 is 33.0 Å². The van der Waals surface area contributed by atoms with Crippen molar-refractivity contribution in [1.82, 2.24) is 5.43 Å². The predicted octanol–water partition coefficient (Wildman–Crippen LogP) is 4.63. The van der Waals surface area contributed by atoms with Gasteiger partial charge < -0.3 is 0 Å². The number of benzene rings is 3. The van der Waals surface area contributed by atoms with Gasteiger partial charge in [0, 0.05) is 12.1 Å². The molecule has 0 aliphatic heterocycles. The van der Waals surface area contributed by atoms with Crippen molar-refractivity contribution < 1.29 is 18.1 Å². The number of carbonyl (C=O) groups is 1. The Morgan fingerprint density at radius 2 is 1.64 bits per heavy atom. The molecular formula is C26H28N4O5S. The van der Waals surface area contributed by atoms with Gasteiger partial charge in [0.25, 0.3) is 21.6 Å². The van der Waals surface area contributed by atoms with Gasteiger partial charge in [-0.05, 0) is 41.7 Å². The molecule has 188 valence electrons. The number of hydrazone groups is 1. The minimum Gasteiger partial charge on any atom is -0.271 e. The summed E-state index contributed by atoms with van der Waals surface area (Å²) >= 11 is 0. The van der Waals surface area contributed by atoms with Crippen molar-refractivity contribution in [2.24, 2.45) is 5.10 Å². The van der Waals surface area contributed by atoms with Gasteiger partial charge in [0.05, 0.1) is 21.2 Å². The summed E-state index contributed by atoms with van der Waals surface area (Å²) in [4.78, 5) is 23.4. The summed E-state index contributed by atoms with van der Waals surface area (Å²) in [6.07, 6.45) is 0. The van der Waals surface area contributed by atoms with E-state index in [9.17, 15) is 23.3 Å². The molecule has 1 N–H and O–H groups in total. The number of nitrogens with one attached hydrogen (secondary N) is 1. The minimum atomic E-state index is -4.20. The zero-order chi connectivity index (χ0) is 26.5. The quantitative estimate of drug-likeness (QED) is 0.270. The molecule has 3 aromatic carbocycles. The lowest BCUT2D eigenvalue weighted by atomic mass is 9.86. The molecule has 0 radical (unpaired) electrons. The molecule has 0 heterocycles. The van der Waals surface area contributed by atoms with Gasteiger partial charge in [0.15, 0.2) is 0 Å². The Morgan fingerprint density at radius 1 is 1.00 bits per heavy atom. The zero-order valence-electron chi connectivity index (χ0n) is 20.5. The second-order valence-electron chi connectivity index (χ2n) is 9.16. The van der Waals surface area contributed by atoms with Gasteiger partial charge in [-0.3, -0.25) is 19.2 Å². The maximum atomic E-state index is 13.4. The monoisotopic (exact) mass is 508 g/mol. The molecule has 0 atom stereocenters. The largest absolute Gasteiger partial charge is 0.271 e. The van der Waals surface area contributed by atoms with Gasteiger partial charge in [-0.1, -0.05) is 69.3 Å². The van der Waals surface area contributed by atoms with E-state index in [0.29, 0.717) is 5.71 Å². The number of non-ortho nitro benzene ring substituents is 1. The van der Waals surface area contributed by atoms with Crippen LogP contribution in [0, 0.1) is 10.1 Å². The number of amides is 1. The average Bonchev–Trinajstić information content (AvgIpc) is 2.85. The maximum Gasteiger partial charge on any atom is 0.271 e. The summed E-state index contributed by atoms with van der Waals surface area (Å²) in [5.41, 5.74) is 4.58. The molecule has 0 unspecified atom stereocenters. The van der Waals surface area contributed by atoms with Crippen LogP contribution in [0.2, 0.25) is 0 Å². The summed E-state index contributed by atoms with van der Waals surface area (Å²) in [6.45, 7) is 7.43. The first-order valence-corrected chi connectivity index (χ1v) is 12.6. The van der Waals surface area contributed by atoms with E-state index < -0.39 is 27.4 Å². The molecule has 9 nitrogen and oxygen atoms in total. The highest BCUT2D eigenvalue weighted by Crippen LogP contribution is 2.27. The third-order valence-corrected chi connectivity index (χ3v) is 7.25. The van der Waals surface area contributed by atoms with Gasteiger partial charge in [-0.15, -0.1) is 0 Å². The Balaban J connectivity index is 1.87. The lowest BCUT2D eigenvalue weighted by molar-refractivity contribution is -0.384. The first-order valence-electron chi connectivity index (χ1n) is 11.2. The highest BCUT2D eigenvalue weighted by molar-refractivity contribution is 7.92. The van der Waals surface area contributed by atoms with E-state index >= 15 is 0 Å². The first-order chi connectivity index (χ1) is 16.9. The number of nitro benzene ring substituents is 1. The Bertz CT molecular complexity index is 1380. The fourth-order valence-corrected chi connectivity index (χ4v) is 4.82. The summed E-state index contributed by atoms with van der Waals surface area (Å²) in [5, 5.41) is 15.4. The molecule has 10 heteroatoms. The van der Waals surface area contributed by atoms with E-state index in [1.165, 1.54) is 30.3 Å². The maximum absolute atomic E-state index is 13.4. The van der Waals surface area contributed by atoms with Crippen LogP contribution in [0.5, 0.6) is 0 Å². The number of sulfonamides is 1.